The lowest BCUT2D eigenvalue weighted by molar-refractivity contribution is -0.00397. The summed E-state index contributed by atoms with van der Waals surface area (Å²) in [6.07, 6.45) is -1.37. The number of aliphatic hydroxyl groups is 1. The van der Waals surface area contributed by atoms with Gasteiger partial charge in [0.2, 0.25) is 0 Å². The predicted molar refractivity (Wildman–Crippen MR) is 147 cm³/mol. The topological polar surface area (TPSA) is 88.0 Å². The molecule has 0 saturated carbocycles. The molecule has 0 spiro atoms. The Balaban J connectivity index is 1.58. The average molecular weight is 506 g/mol. The zero-order valence-electron chi connectivity index (χ0n) is 22.7. The second kappa shape index (κ2) is 12.4. The lowest BCUT2D eigenvalue weighted by Crippen LogP contribution is -2.46. The summed E-state index contributed by atoms with van der Waals surface area (Å²) in [4.78, 5) is 10.9. The van der Waals surface area contributed by atoms with E-state index in [4.69, 9.17) is 14.6 Å². The van der Waals surface area contributed by atoms with E-state index in [0.29, 0.717) is 12.3 Å². The molecule has 3 rings (SSSR count). The molecule has 6 heteroatoms. The molecule has 0 aliphatic rings. The Morgan fingerprint density at radius 2 is 1.70 bits per heavy atom. The first-order chi connectivity index (χ1) is 17.4. The van der Waals surface area contributed by atoms with Gasteiger partial charge in [-0.2, -0.15) is 0 Å². The number of carboxylic acid groups (broad SMARTS) is 1. The van der Waals surface area contributed by atoms with Gasteiger partial charge in [-0.25, -0.2) is 4.79 Å². The number of aliphatic hydroxyl groups excluding tert-OH is 1. The summed E-state index contributed by atoms with van der Waals surface area (Å²) in [7, 11) is 0. The molecule has 2 atom stereocenters. The van der Waals surface area contributed by atoms with Gasteiger partial charge in [-0.15, -0.1) is 0 Å². The molecule has 1 unspecified atom stereocenters. The number of hydrogen-bond acceptors (Lipinski definition) is 5. The van der Waals surface area contributed by atoms with Crippen molar-refractivity contribution in [2.45, 2.75) is 65.7 Å². The molecular formula is C31H39NO5. The Bertz CT molecular complexity index is 1220. The van der Waals surface area contributed by atoms with Crippen LogP contribution in [0.3, 0.4) is 0 Å². The summed E-state index contributed by atoms with van der Waals surface area (Å²) in [5.74, 6) is 0.314. The maximum Gasteiger partial charge on any atom is 0.511 e. The summed E-state index contributed by atoms with van der Waals surface area (Å²) < 4.78 is 10.9. The molecule has 198 valence electrons. The highest BCUT2D eigenvalue weighted by Gasteiger charge is 2.21. The van der Waals surface area contributed by atoms with Crippen molar-refractivity contribution in [1.82, 2.24) is 5.32 Å². The molecule has 0 fully saturated rings. The number of hydrogen-bond donors (Lipinski definition) is 3. The van der Waals surface area contributed by atoms with E-state index in [0.717, 1.165) is 28.7 Å². The molecule has 0 bridgehead atoms. The molecule has 0 radical (unpaired) electrons. The summed E-state index contributed by atoms with van der Waals surface area (Å²) in [6.45, 7) is 12.9. The summed E-state index contributed by atoms with van der Waals surface area (Å²) >= 11 is 0. The van der Waals surface area contributed by atoms with Crippen molar-refractivity contribution < 1.29 is 24.5 Å². The van der Waals surface area contributed by atoms with E-state index in [1.165, 1.54) is 16.7 Å². The molecule has 0 saturated heterocycles. The van der Waals surface area contributed by atoms with Crippen LogP contribution >= 0.6 is 0 Å². The molecule has 37 heavy (non-hydrogen) atoms. The van der Waals surface area contributed by atoms with Gasteiger partial charge >= 0.3 is 6.16 Å². The Labute approximate surface area is 220 Å². The highest BCUT2D eigenvalue weighted by Crippen LogP contribution is 2.32. The van der Waals surface area contributed by atoms with Gasteiger partial charge in [0.15, 0.2) is 0 Å². The number of aryl methyl sites for hydroxylation is 3. The fraction of sp³-hybridized carbons (Fsp3) is 0.387. The Hall–Kier alpha value is -3.19. The number of benzene rings is 3. The van der Waals surface area contributed by atoms with Gasteiger partial charge in [-0.1, -0.05) is 48.5 Å². The second-order valence-corrected chi connectivity index (χ2v) is 10.4. The number of β-amino-alcohol motifs (C(OH)–C–C–N with tert-alkyl or cyclic N) is 1. The first kappa shape index (κ1) is 28.4. The Morgan fingerprint density at radius 3 is 2.38 bits per heavy atom. The van der Waals surface area contributed by atoms with Gasteiger partial charge in [0.25, 0.3) is 0 Å². The van der Waals surface area contributed by atoms with Gasteiger partial charge < -0.3 is 25.0 Å². The molecular weight excluding hydrogens is 466 g/mol. The molecule has 0 aliphatic carbocycles. The van der Waals surface area contributed by atoms with Crippen molar-refractivity contribution in [3.8, 4) is 16.9 Å². The monoisotopic (exact) mass is 505 g/mol. The standard InChI is InChI=1S/C31H39NO5/c1-20-11-12-24(15-21(20)2)17-31(5,6)32-18-26(33)19-36-23(4)27-9-7-8-10-28(27)25-13-14-29(22(3)16-25)37-30(34)35/h7-16,23,26,32-33H,17-19H2,1-6H3,(H,34,35)/t23?,26-/m1/s1. The van der Waals surface area contributed by atoms with Gasteiger partial charge in [0, 0.05) is 12.1 Å². The predicted octanol–water partition coefficient (Wildman–Crippen LogP) is 6.39. The van der Waals surface area contributed by atoms with Crippen molar-refractivity contribution >= 4 is 6.16 Å². The summed E-state index contributed by atoms with van der Waals surface area (Å²) in [5.41, 5.74) is 7.33. The van der Waals surface area contributed by atoms with E-state index in [-0.39, 0.29) is 18.2 Å². The van der Waals surface area contributed by atoms with Crippen LogP contribution < -0.4 is 10.1 Å². The maximum atomic E-state index is 10.9. The van der Waals surface area contributed by atoms with Crippen LogP contribution in [0.5, 0.6) is 5.75 Å². The van der Waals surface area contributed by atoms with Crippen LogP contribution in [0.15, 0.2) is 60.7 Å². The van der Waals surface area contributed by atoms with Crippen LogP contribution in [-0.2, 0) is 11.2 Å². The van der Waals surface area contributed by atoms with E-state index in [9.17, 15) is 9.90 Å². The third-order valence-electron chi connectivity index (χ3n) is 6.65. The van der Waals surface area contributed by atoms with Gasteiger partial charge in [-0.3, -0.25) is 0 Å². The van der Waals surface area contributed by atoms with E-state index in [2.05, 4.69) is 51.2 Å². The van der Waals surface area contributed by atoms with E-state index in [1.54, 1.807) is 6.07 Å². The van der Waals surface area contributed by atoms with Gasteiger partial charge in [0.05, 0.1) is 18.8 Å². The average Bonchev–Trinajstić information content (AvgIpc) is 2.84. The molecule has 0 aromatic heterocycles. The van der Waals surface area contributed by atoms with Gasteiger partial charge in [-0.05, 0) is 99.0 Å². The summed E-state index contributed by atoms with van der Waals surface area (Å²) in [6, 6.07) is 19.9. The van der Waals surface area contributed by atoms with Crippen molar-refractivity contribution in [1.29, 1.82) is 0 Å². The quantitative estimate of drug-likeness (QED) is 0.207. The van der Waals surface area contributed by atoms with Crippen LogP contribution in [-0.4, -0.2) is 41.2 Å². The van der Waals surface area contributed by atoms with Crippen LogP contribution in [0, 0.1) is 20.8 Å². The molecule has 0 aliphatic heterocycles. The van der Waals surface area contributed by atoms with E-state index in [1.807, 2.05) is 50.2 Å². The minimum Gasteiger partial charge on any atom is -0.449 e. The minimum absolute atomic E-state index is 0.171. The lowest BCUT2D eigenvalue weighted by atomic mass is 9.93. The van der Waals surface area contributed by atoms with Gasteiger partial charge in [0.1, 0.15) is 5.75 Å². The fourth-order valence-electron chi connectivity index (χ4n) is 4.42. The van der Waals surface area contributed by atoms with Crippen LogP contribution in [0.2, 0.25) is 0 Å². The third kappa shape index (κ3) is 8.15. The van der Waals surface area contributed by atoms with Crippen LogP contribution in [0.4, 0.5) is 4.79 Å². The minimum atomic E-state index is -1.33. The van der Waals surface area contributed by atoms with E-state index >= 15 is 0 Å². The number of carbonyl (C=O) groups is 1. The molecule has 0 amide bonds. The highest BCUT2D eigenvalue weighted by molar-refractivity contribution is 5.70. The number of ether oxygens (including phenoxy) is 2. The first-order valence-electron chi connectivity index (χ1n) is 12.7. The van der Waals surface area contributed by atoms with Crippen molar-refractivity contribution in [2.24, 2.45) is 0 Å². The molecule has 0 heterocycles. The van der Waals surface area contributed by atoms with Crippen molar-refractivity contribution in [3.05, 3.63) is 88.5 Å². The smallest absolute Gasteiger partial charge is 0.449 e. The zero-order chi connectivity index (χ0) is 27.2. The number of nitrogens with one attached hydrogen (secondary N) is 1. The Kier molecular flexibility index (Phi) is 9.49. The summed E-state index contributed by atoms with van der Waals surface area (Å²) in [5, 5.41) is 23.0. The SMILES string of the molecule is Cc1ccc(CC(C)(C)NC[C@@H](O)COC(C)c2ccccc2-c2ccc(OC(=O)O)c(C)c2)cc1C. The lowest BCUT2D eigenvalue weighted by Gasteiger charge is -2.28. The Morgan fingerprint density at radius 1 is 0.973 bits per heavy atom. The largest absolute Gasteiger partial charge is 0.511 e. The molecule has 3 N–H and O–H groups in total. The van der Waals surface area contributed by atoms with Crippen molar-refractivity contribution in [2.75, 3.05) is 13.2 Å². The molecule has 3 aromatic carbocycles. The molecule has 6 nitrogen and oxygen atoms in total. The second-order valence-electron chi connectivity index (χ2n) is 10.4. The maximum absolute atomic E-state index is 10.9. The third-order valence-corrected chi connectivity index (χ3v) is 6.65. The first-order valence-corrected chi connectivity index (χ1v) is 12.7. The van der Waals surface area contributed by atoms with Crippen LogP contribution in [0.1, 0.15) is 54.7 Å². The fourth-order valence-corrected chi connectivity index (χ4v) is 4.42. The highest BCUT2D eigenvalue weighted by atomic mass is 16.7. The number of rotatable bonds is 11. The normalized spacial score (nSPS) is 13.3. The van der Waals surface area contributed by atoms with Crippen molar-refractivity contribution in [3.63, 3.8) is 0 Å². The van der Waals surface area contributed by atoms with Crippen LogP contribution in [0.25, 0.3) is 11.1 Å². The zero-order valence-corrected chi connectivity index (χ0v) is 22.7. The molecule has 3 aromatic rings. The van der Waals surface area contributed by atoms with E-state index < -0.39 is 12.3 Å².